The molecule has 0 unspecified atom stereocenters. The average Bonchev–Trinajstić information content (AvgIpc) is 2.26. The highest BCUT2D eigenvalue weighted by Crippen LogP contribution is 2.10. The molecule has 0 saturated heterocycles. The number of carbonyl (C=O) groups is 1. The summed E-state index contributed by atoms with van der Waals surface area (Å²) in [6.45, 7) is 3.75. The Morgan fingerprint density at radius 1 is 1.25 bits per heavy atom. The van der Waals surface area contributed by atoms with Crippen molar-refractivity contribution in [1.82, 2.24) is 4.72 Å². The van der Waals surface area contributed by atoms with Crippen molar-refractivity contribution < 1.29 is 13.2 Å². The number of ketones is 1. The maximum atomic E-state index is 11.7. The van der Waals surface area contributed by atoms with Gasteiger partial charge in [0.25, 0.3) is 0 Å². The normalized spacial score (nSPS) is 11.4. The Morgan fingerprint density at radius 3 is 2.25 bits per heavy atom. The first-order valence-corrected chi connectivity index (χ1v) is 6.56. The first-order chi connectivity index (χ1) is 7.47. The molecule has 0 saturated carbocycles. The minimum atomic E-state index is -3.43. The van der Waals surface area contributed by atoms with Gasteiger partial charge in [0, 0.05) is 12.1 Å². The Bertz CT molecular complexity index is 463. The van der Waals surface area contributed by atoms with E-state index in [1.54, 1.807) is 0 Å². The summed E-state index contributed by atoms with van der Waals surface area (Å²) in [6, 6.07) is 5.91. The Labute approximate surface area is 95.7 Å². The van der Waals surface area contributed by atoms with Crippen LogP contribution in [0.4, 0.5) is 0 Å². The molecule has 16 heavy (non-hydrogen) atoms. The number of sulfonamides is 1. The molecule has 0 aliphatic heterocycles. The third kappa shape index (κ3) is 3.15. The van der Waals surface area contributed by atoms with Crippen molar-refractivity contribution in [2.45, 2.75) is 25.2 Å². The number of rotatable bonds is 5. The van der Waals surface area contributed by atoms with E-state index in [-0.39, 0.29) is 10.7 Å². The largest absolute Gasteiger partial charge is 0.295 e. The van der Waals surface area contributed by atoms with Crippen molar-refractivity contribution in [1.29, 1.82) is 0 Å². The van der Waals surface area contributed by atoms with E-state index in [1.165, 1.54) is 31.2 Å². The molecule has 0 aliphatic carbocycles. The topological polar surface area (TPSA) is 63.2 Å². The van der Waals surface area contributed by atoms with Crippen LogP contribution in [-0.2, 0) is 10.0 Å². The van der Waals surface area contributed by atoms with Crippen molar-refractivity contribution in [3.63, 3.8) is 0 Å². The standard InChI is InChI=1S/C11H15NO3S/c1-3-8-12-16(14,15)11-6-4-10(5-7-11)9(2)13/h4-7,12H,3,8H2,1-2H3. The Morgan fingerprint density at radius 2 is 1.81 bits per heavy atom. The highest BCUT2D eigenvalue weighted by molar-refractivity contribution is 7.89. The summed E-state index contributed by atoms with van der Waals surface area (Å²) in [7, 11) is -3.43. The summed E-state index contributed by atoms with van der Waals surface area (Å²) >= 11 is 0. The van der Waals surface area contributed by atoms with Gasteiger partial charge in [-0.3, -0.25) is 4.79 Å². The molecule has 1 rings (SSSR count). The SMILES string of the molecule is CCCNS(=O)(=O)c1ccc(C(C)=O)cc1. The number of hydrogen-bond donors (Lipinski definition) is 1. The molecule has 0 bridgehead atoms. The monoisotopic (exact) mass is 241 g/mol. The Hall–Kier alpha value is -1.20. The van der Waals surface area contributed by atoms with Gasteiger partial charge in [-0.2, -0.15) is 0 Å². The predicted octanol–water partition coefficient (Wildman–Crippen LogP) is 1.58. The number of nitrogens with one attached hydrogen (secondary N) is 1. The number of benzene rings is 1. The van der Waals surface area contributed by atoms with Crippen molar-refractivity contribution in [3.8, 4) is 0 Å². The van der Waals surface area contributed by atoms with E-state index in [0.29, 0.717) is 12.1 Å². The van der Waals surface area contributed by atoms with Gasteiger partial charge < -0.3 is 0 Å². The van der Waals surface area contributed by atoms with Crippen molar-refractivity contribution in [2.24, 2.45) is 0 Å². The summed E-state index contributed by atoms with van der Waals surface area (Å²) in [5.41, 5.74) is 0.509. The van der Waals surface area contributed by atoms with Crippen LogP contribution >= 0.6 is 0 Å². The van der Waals surface area contributed by atoms with E-state index >= 15 is 0 Å². The molecular weight excluding hydrogens is 226 g/mol. The molecule has 4 nitrogen and oxygen atoms in total. The minimum absolute atomic E-state index is 0.0783. The number of carbonyl (C=O) groups excluding carboxylic acids is 1. The second kappa shape index (κ2) is 5.23. The zero-order valence-electron chi connectivity index (χ0n) is 9.36. The Balaban J connectivity index is 2.93. The first kappa shape index (κ1) is 12.9. The van der Waals surface area contributed by atoms with E-state index in [0.717, 1.165) is 6.42 Å². The molecule has 0 amide bonds. The molecule has 1 N–H and O–H groups in total. The molecule has 1 aromatic rings. The lowest BCUT2D eigenvalue weighted by Crippen LogP contribution is -2.24. The molecule has 0 atom stereocenters. The van der Waals surface area contributed by atoms with Crippen molar-refractivity contribution in [2.75, 3.05) is 6.54 Å². The number of hydrogen-bond acceptors (Lipinski definition) is 3. The molecule has 5 heteroatoms. The molecular formula is C11H15NO3S. The van der Waals surface area contributed by atoms with Crippen LogP contribution in [0.15, 0.2) is 29.2 Å². The lowest BCUT2D eigenvalue weighted by molar-refractivity contribution is 0.101. The van der Waals surface area contributed by atoms with Gasteiger partial charge in [-0.1, -0.05) is 19.1 Å². The zero-order chi connectivity index (χ0) is 12.2. The summed E-state index contributed by atoms with van der Waals surface area (Å²) in [4.78, 5) is 11.2. The molecule has 88 valence electrons. The summed E-state index contributed by atoms with van der Waals surface area (Å²) in [6.07, 6.45) is 0.741. The fourth-order valence-electron chi connectivity index (χ4n) is 1.19. The summed E-state index contributed by atoms with van der Waals surface area (Å²) in [5.74, 6) is -0.0783. The van der Waals surface area contributed by atoms with Gasteiger partial charge in [-0.05, 0) is 25.5 Å². The molecule has 1 aromatic carbocycles. The maximum absolute atomic E-state index is 11.7. The number of Topliss-reactive ketones (excluding diaryl/α,β-unsaturated/α-hetero) is 1. The molecule has 0 aromatic heterocycles. The summed E-state index contributed by atoms with van der Waals surface area (Å²) in [5, 5.41) is 0. The van der Waals surface area contributed by atoms with E-state index in [4.69, 9.17) is 0 Å². The third-order valence-corrected chi connectivity index (χ3v) is 3.59. The quantitative estimate of drug-likeness (QED) is 0.796. The van der Waals surface area contributed by atoms with Gasteiger partial charge in [-0.25, -0.2) is 13.1 Å². The molecule has 0 aliphatic rings. The fraction of sp³-hybridized carbons (Fsp3) is 0.364. The van der Waals surface area contributed by atoms with Gasteiger partial charge in [-0.15, -0.1) is 0 Å². The second-order valence-corrected chi connectivity index (χ2v) is 5.25. The highest BCUT2D eigenvalue weighted by atomic mass is 32.2. The van der Waals surface area contributed by atoms with Crippen LogP contribution < -0.4 is 4.72 Å². The van der Waals surface area contributed by atoms with Crippen LogP contribution in [0.2, 0.25) is 0 Å². The van der Waals surface area contributed by atoms with E-state index < -0.39 is 10.0 Å². The van der Waals surface area contributed by atoms with Crippen LogP contribution in [0.3, 0.4) is 0 Å². The van der Waals surface area contributed by atoms with Gasteiger partial charge in [0.2, 0.25) is 10.0 Å². The van der Waals surface area contributed by atoms with Gasteiger partial charge >= 0.3 is 0 Å². The van der Waals surface area contributed by atoms with Gasteiger partial charge in [0.1, 0.15) is 0 Å². The first-order valence-electron chi connectivity index (χ1n) is 5.08. The highest BCUT2D eigenvalue weighted by Gasteiger charge is 2.12. The lowest BCUT2D eigenvalue weighted by Gasteiger charge is -2.05. The van der Waals surface area contributed by atoms with Crippen molar-refractivity contribution in [3.05, 3.63) is 29.8 Å². The van der Waals surface area contributed by atoms with Crippen LogP contribution in [-0.4, -0.2) is 20.7 Å². The van der Waals surface area contributed by atoms with E-state index in [1.807, 2.05) is 6.92 Å². The molecule has 0 spiro atoms. The second-order valence-electron chi connectivity index (χ2n) is 3.48. The van der Waals surface area contributed by atoms with Crippen LogP contribution in [0.25, 0.3) is 0 Å². The molecule has 0 heterocycles. The molecule has 0 fully saturated rings. The molecule has 0 radical (unpaired) electrons. The Kier molecular flexibility index (Phi) is 4.20. The fourth-order valence-corrected chi connectivity index (χ4v) is 2.32. The minimum Gasteiger partial charge on any atom is -0.295 e. The van der Waals surface area contributed by atoms with Gasteiger partial charge in [0.05, 0.1) is 4.90 Å². The third-order valence-electron chi connectivity index (χ3n) is 2.11. The van der Waals surface area contributed by atoms with Gasteiger partial charge in [0.15, 0.2) is 5.78 Å². The van der Waals surface area contributed by atoms with Crippen LogP contribution in [0.1, 0.15) is 30.6 Å². The smallest absolute Gasteiger partial charge is 0.240 e. The maximum Gasteiger partial charge on any atom is 0.240 e. The lowest BCUT2D eigenvalue weighted by atomic mass is 10.2. The zero-order valence-corrected chi connectivity index (χ0v) is 10.2. The van der Waals surface area contributed by atoms with Crippen LogP contribution in [0.5, 0.6) is 0 Å². The average molecular weight is 241 g/mol. The predicted molar refractivity (Wildman–Crippen MR) is 61.9 cm³/mol. The van der Waals surface area contributed by atoms with E-state index in [9.17, 15) is 13.2 Å². The van der Waals surface area contributed by atoms with Crippen LogP contribution in [0, 0.1) is 0 Å². The summed E-state index contributed by atoms with van der Waals surface area (Å²) < 4.78 is 25.8. The van der Waals surface area contributed by atoms with E-state index in [2.05, 4.69) is 4.72 Å². The van der Waals surface area contributed by atoms with Crippen molar-refractivity contribution >= 4 is 15.8 Å².